The third-order valence-electron chi connectivity index (χ3n) is 2.49. The van der Waals surface area contributed by atoms with Crippen molar-refractivity contribution in [3.8, 4) is 10.8 Å². The number of hydrogen-bond donors (Lipinski definition) is 2. The van der Waals surface area contributed by atoms with Crippen molar-refractivity contribution >= 4 is 41.3 Å². The SMILES string of the molecule is CCCNC(=NC)NCc1coc(-c2cccs2)n1.I. The van der Waals surface area contributed by atoms with Gasteiger partial charge in [0, 0.05) is 13.6 Å². The second-order valence-corrected chi connectivity index (χ2v) is 4.92. The van der Waals surface area contributed by atoms with E-state index in [0.717, 1.165) is 29.5 Å². The van der Waals surface area contributed by atoms with Crippen LogP contribution in [0.1, 0.15) is 19.0 Å². The van der Waals surface area contributed by atoms with Gasteiger partial charge in [0.15, 0.2) is 5.96 Å². The topological polar surface area (TPSA) is 62.5 Å². The van der Waals surface area contributed by atoms with Crippen molar-refractivity contribution in [1.82, 2.24) is 15.6 Å². The van der Waals surface area contributed by atoms with Crippen LogP contribution in [0.15, 0.2) is 33.2 Å². The molecule has 7 heteroatoms. The molecule has 110 valence electrons. The largest absolute Gasteiger partial charge is 0.443 e. The minimum Gasteiger partial charge on any atom is -0.443 e. The van der Waals surface area contributed by atoms with Crippen LogP contribution in [-0.4, -0.2) is 24.5 Å². The third kappa shape index (κ3) is 4.78. The van der Waals surface area contributed by atoms with Gasteiger partial charge in [-0.15, -0.1) is 35.3 Å². The van der Waals surface area contributed by atoms with E-state index in [-0.39, 0.29) is 24.0 Å². The van der Waals surface area contributed by atoms with Crippen molar-refractivity contribution in [2.24, 2.45) is 4.99 Å². The van der Waals surface area contributed by atoms with Crippen LogP contribution in [0.3, 0.4) is 0 Å². The molecule has 0 saturated heterocycles. The van der Waals surface area contributed by atoms with Crippen molar-refractivity contribution in [3.63, 3.8) is 0 Å². The quantitative estimate of drug-likeness (QED) is 0.455. The highest BCUT2D eigenvalue weighted by atomic mass is 127. The molecule has 2 rings (SSSR count). The lowest BCUT2D eigenvalue weighted by Crippen LogP contribution is -2.37. The minimum absolute atomic E-state index is 0. The molecule has 2 aromatic heterocycles. The molecule has 5 nitrogen and oxygen atoms in total. The lowest BCUT2D eigenvalue weighted by Gasteiger charge is -2.09. The van der Waals surface area contributed by atoms with Crippen LogP contribution in [0, 0.1) is 0 Å². The molecular formula is C13H19IN4OS. The number of oxazole rings is 1. The van der Waals surface area contributed by atoms with Gasteiger partial charge in [0.2, 0.25) is 5.89 Å². The minimum atomic E-state index is 0. The number of halogens is 1. The van der Waals surface area contributed by atoms with Crippen molar-refractivity contribution in [3.05, 3.63) is 29.5 Å². The zero-order valence-corrected chi connectivity index (χ0v) is 14.7. The van der Waals surface area contributed by atoms with E-state index in [1.54, 1.807) is 24.6 Å². The maximum Gasteiger partial charge on any atom is 0.236 e. The predicted molar refractivity (Wildman–Crippen MR) is 93.7 cm³/mol. The Labute approximate surface area is 139 Å². The number of nitrogens with zero attached hydrogens (tertiary/aromatic N) is 2. The Hall–Kier alpha value is -1.09. The van der Waals surface area contributed by atoms with Crippen molar-refractivity contribution in [2.45, 2.75) is 19.9 Å². The van der Waals surface area contributed by atoms with Gasteiger partial charge in [-0.25, -0.2) is 4.98 Å². The summed E-state index contributed by atoms with van der Waals surface area (Å²) >= 11 is 1.62. The van der Waals surface area contributed by atoms with Crippen LogP contribution in [0.2, 0.25) is 0 Å². The molecule has 2 heterocycles. The second kappa shape index (κ2) is 8.96. The molecule has 0 spiro atoms. The molecule has 0 fully saturated rings. The van der Waals surface area contributed by atoms with Gasteiger partial charge in [-0.05, 0) is 17.9 Å². The standard InChI is InChI=1S/C13H18N4OS.HI/c1-3-6-15-13(14-2)16-8-10-9-18-12(17-10)11-5-4-7-19-11;/h4-5,7,9H,3,6,8H2,1-2H3,(H2,14,15,16);1H. The number of aliphatic imine (C=N–C) groups is 1. The Kier molecular flexibility index (Phi) is 7.60. The van der Waals surface area contributed by atoms with Crippen LogP contribution in [0.5, 0.6) is 0 Å². The predicted octanol–water partition coefficient (Wildman–Crippen LogP) is 3.10. The van der Waals surface area contributed by atoms with Crippen molar-refractivity contribution < 1.29 is 4.42 Å². The maximum absolute atomic E-state index is 5.46. The highest BCUT2D eigenvalue weighted by molar-refractivity contribution is 14.0. The summed E-state index contributed by atoms with van der Waals surface area (Å²) in [5.74, 6) is 1.45. The summed E-state index contributed by atoms with van der Waals surface area (Å²) in [5, 5.41) is 8.41. The highest BCUT2D eigenvalue weighted by Gasteiger charge is 2.07. The Morgan fingerprint density at radius 3 is 2.95 bits per heavy atom. The van der Waals surface area contributed by atoms with Crippen LogP contribution in [-0.2, 0) is 6.54 Å². The third-order valence-corrected chi connectivity index (χ3v) is 3.34. The lowest BCUT2D eigenvalue weighted by atomic mass is 10.4. The molecule has 0 aliphatic rings. The fourth-order valence-electron chi connectivity index (χ4n) is 1.54. The van der Waals surface area contributed by atoms with Crippen LogP contribution in [0.25, 0.3) is 10.8 Å². The summed E-state index contributed by atoms with van der Waals surface area (Å²) in [6.45, 7) is 3.61. The van der Waals surface area contributed by atoms with Gasteiger partial charge in [-0.1, -0.05) is 13.0 Å². The van der Waals surface area contributed by atoms with Crippen molar-refractivity contribution in [2.75, 3.05) is 13.6 Å². The Morgan fingerprint density at radius 1 is 1.45 bits per heavy atom. The van der Waals surface area contributed by atoms with Crippen LogP contribution < -0.4 is 10.6 Å². The second-order valence-electron chi connectivity index (χ2n) is 3.97. The van der Waals surface area contributed by atoms with E-state index < -0.39 is 0 Å². The van der Waals surface area contributed by atoms with Gasteiger partial charge in [0.05, 0.1) is 17.1 Å². The fraction of sp³-hybridized carbons (Fsp3) is 0.385. The van der Waals surface area contributed by atoms with E-state index in [0.29, 0.717) is 12.4 Å². The van der Waals surface area contributed by atoms with E-state index in [2.05, 4.69) is 27.5 Å². The summed E-state index contributed by atoms with van der Waals surface area (Å²) < 4.78 is 5.46. The molecule has 0 amide bonds. The summed E-state index contributed by atoms with van der Waals surface area (Å²) in [6.07, 6.45) is 2.74. The number of hydrogen-bond acceptors (Lipinski definition) is 4. The Balaban J connectivity index is 0.00000200. The monoisotopic (exact) mass is 406 g/mol. The smallest absolute Gasteiger partial charge is 0.236 e. The molecule has 0 atom stereocenters. The average Bonchev–Trinajstić information content (AvgIpc) is 3.09. The summed E-state index contributed by atoms with van der Waals surface area (Å²) in [6, 6.07) is 3.98. The van der Waals surface area contributed by atoms with E-state index in [4.69, 9.17) is 4.42 Å². The van der Waals surface area contributed by atoms with E-state index >= 15 is 0 Å². The van der Waals surface area contributed by atoms with Gasteiger partial charge in [-0.2, -0.15) is 0 Å². The number of rotatable bonds is 5. The van der Waals surface area contributed by atoms with Crippen LogP contribution in [0.4, 0.5) is 0 Å². The number of thiophene rings is 1. The average molecular weight is 406 g/mol. The van der Waals surface area contributed by atoms with Gasteiger partial charge < -0.3 is 15.1 Å². The maximum atomic E-state index is 5.46. The molecule has 0 aliphatic carbocycles. The normalized spacial score (nSPS) is 11.0. The van der Waals surface area contributed by atoms with Gasteiger partial charge >= 0.3 is 0 Å². The molecule has 2 N–H and O–H groups in total. The molecule has 0 bridgehead atoms. The summed E-state index contributed by atoms with van der Waals surface area (Å²) in [5.41, 5.74) is 0.864. The molecule has 0 radical (unpaired) electrons. The van der Waals surface area contributed by atoms with Crippen LogP contribution >= 0.6 is 35.3 Å². The first-order valence-electron chi connectivity index (χ1n) is 6.26. The molecule has 0 saturated carbocycles. The number of aromatic nitrogens is 1. The fourth-order valence-corrected chi connectivity index (χ4v) is 2.20. The highest BCUT2D eigenvalue weighted by Crippen LogP contribution is 2.23. The van der Waals surface area contributed by atoms with Gasteiger partial charge in [0.25, 0.3) is 0 Å². The zero-order chi connectivity index (χ0) is 13.5. The van der Waals surface area contributed by atoms with E-state index in [9.17, 15) is 0 Å². The first-order chi connectivity index (χ1) is 9.33. The Bertz CT molecular complexity index is 524. The number of nitrogens with one attached hydrogen (secondary N) is 2. The molecule has 0 unspecified atom stereocenters. The van der Waals surface area contributed by atoms with Gasteiger partial charge in [-0.3, -0.25) is 4.99 Å². The Morgan fingerprint density at radius 2 is 2.30 bits per heavy atom. The summed E-state index contributed by atoms with van der Waals surface area (Å²) in [4.78, 5) is 9.61. The number of guanidine groups is 1. The van der Waals surface area contributed by atoms with E-state index in [1.165, 1.54) is 0 Å². The molecule has 0 aromatic carbocycles. The summed E-state index contributed by atoms with van der Waals surface area (Å²) in [7, 11) is 1.75. The first kappa shape index (κ1) is 17.0. The molecule has 2 aromatic rings. The zero-order valence-electron chi connectivity index (χ0n) is 11.5. The molecule has 20 heavy (non-hydrogen) atoms. The van der Waals surface area contributed by atoms with Crippen molar-refractivity contribution in [1.29, 1.82) is 0 Å². The first-order valence-corrected chi connectivity index (χ1v) is 7.14. The molecular weight excluding hydrogens is 387 g/mol. The van der Waals surface area contributed by atoms with Gasteiger partial charge in [0.1, 0.15) is 6.26 Å². The van der Waals surface area contributed by atoms with E-state index in [1.807, 2.05) is 17.5 Å². The lowest BCUT2D eigenvalue weighted by molar-refractivity contribution is 0.573. The molecule has 0 aliphatic heterocycles.